The van der Waals surface area contributed by atoms with Gasteiger partial charge in [0.1, 0.15) is 6.04 Å². The van der Waals surface area contributed by atoms with Crippen LogP contribution in [0, 0.1) is 0 Å². The first-order chi connectivity index (χ1) is 7.72. The lowest BCUT2D eigenvalue weighted by atomic mass is 10.2. The Kier molecular flexibility index (Phi) is 4.78. The smallest absolute Gasteiger partial charge is 0.324 e. The van der Waals surface area contributed by atoms with Gasteiger partial charge in [-0.15, -0.1) is 12.4 Å². The fourth-order valence-corrected chi connectivity index (χ4v) is 2.06. The van der Waals surface area contributed by atoms with Crippen molar-refractivity contribution < 1.29 is 9.53 Å². The summed E-state index contributed by atoms with van der Waals surface area (Å²) in [5.74, 6) is -0.357. The summed E-state index contributed by atoms with van der Waals surface area (Å²) in [7, 11) is 1.36. The van der Waals surface area contributed by atoms with Gasteiger partial charge in [-0.1, -0.05) is 18.2 Å². The van der Waals surface area contributed by atoms with Crippen LogP contribution < -0.4 is 10.6 Å². The van der Waals surface area contributed by atoms with E-state index in [1.165, 1.54) is 18.4 Å². The molecule has 0 radical (unpaired) electrons. The molecule has 1 heterocycles. The fraction of sp³-hybridized carbons (Fsp3) is 0.417. The third-order valence-corrected chi connectivity index (χ3v) is 2.90. The number of methoxy groups -OCH3 is 1. The number of carbonyl (C=O) groups excluding carboxylic acids is 1. The number of hydrogen-bond acceptors (Lipinski definition) is 4. The molecule has 2 rings (SSSR count). The maximum atomic E-state index is 11.2. The number of fused-ring (bicyclic) bond motifs is 1. The van der Waals surface area contributed by atoms with Crippen LogP contribution in [-0.4, -0.2) is 32.2 Å². The molecule has 17 heavy (non-hydrogen) atoms. The number of nitrogens with two attached hydrogens (primary N) is 1. The molecule has 4 nitrogen and oxygen atoms in total. The van der Waals surface area contributed by atoms with Gasteiger partial charge in [-0.2, -0.15) is 0 Å². The average Bonchev–Trinajstić information content (AvgIpc) is 2.72. The number of carbonyl (C=O) groups is 1. The Labute approximate surface area is 107 Å². The molecule has 0 spiro atoms. The third-order valence-electron chi connectivity index (χ3n) is 2.90. The second kappa shape index (κ2) is 5.89. The molecule has 1 aromatic rings. The number of ether oxygens (including phenoxy) is 1. The van der Waals surface area contributed by atoms with Crippen molar-refractivity contribution in [2.24, 2.45) is 5.73 Å². The Morgan fingerprint density at radius 3 is 2.94 bits per heavy atom. The summed E-state index contributed by atoms with van der Waals surface area (Å²) in [4.78, 5) is 13.4. The van der Waals surface area contributed by atoms with Crippen molar-refractivity contribution in [2.75, 3.05) is 25.1 Å². The zero-order chi connectivity index (χ0) is 11.5. The van der Waals surface area contributed by atoms with Crippen LogP contribution in [0.25, 0.3) is 0 Å². The molecule has 1 aromatic carbocycles. The standard InChI is InChI=1S/C12H16N2O2.ClH/c1-16-12(15)10(13)8-14-7-6-9-4-2-3-5-11(9)14;/h2-5,10H,6-8,13H2,1H3;1H. The van der Waals surface area contributed by atoms with E-state index in [0.717, 1.165) is 13.0 Å². The van der Waals surface area contributed by atoms with Crippen molar-refractivity contribution in [1.82, 2.24) is 0 Å². The summed E-state index contributed by atoms with van der Waals surface area (Å²) < 4.78 is 4.62. The van der Waals surface area contributed by atoms with Crippen LogP contribution in [0.2, 0.25) is 0 Å². The largest absolute Gasteiger partial charge is 0.468 e. The summed E-state index contributed by atoms with van der Waals surface area (Å²) in [6, 6.07) is 7.63. The van der Waals surface area contributed by atoms with Crippen LogP contribution >= 0.6 is 12.4 Å². The number of benzene rings is 1. The molecule has 0 saturated heterocycles. The Bertz CT molecular complexity index is 398. The van der Waals surface area contributed by atoms with E-state index in [2.05, 4.69) is 21.8 Å². The molecule has 0 amide bonds. The lowest BCUT2D eigenvalue weighted by Crippen LogP contribution is -2.42. The minimum absolute atomic E-state index is 0. The van der Waals surface area contributed by atoms with Crippen molar-refractivity contribution in [3.8, 4) is 0 Å². The van der Waals surface area contributed by atoms with Gasteiger partial charge < -0.3 is 15.4 Å². The van der Waals surface area contributed by atoms with Crippen LogP contribution in [-0.2, 0) is 16.0 Å². The highest BCUT2D eigenvalue weighted by atomic mass is 35.5. The van der Waals surface area contributed by atoms with E-state index in [9.17, 15) is 4.79 Å². The number of esters is 1. The fourth-order valence-electron chi connectivity index (χ4n) is 2.06. The van der Waals surface area contributed by atoms with Crippen LogP contribution in [0.5, 0.6) is 0 Å². The first-order valence-electron chi connectivity index (χ1n) is 5.38. The van der Waals surface area contributed by atoms with Crippen molar-refractivity contribution in [3.63, 3.8) is 0 Å². The van der Waals surface area contributed by atoms with Crippen molar-refractivity contribution in [2.45, 2.75) is 12.5 Å². The Hall–Kier alpha value is -1.26. The lowest BCUT2D eigenvalue weighted by Gasteiger charge is -2.22. The highest BCUT2D eigenvalue weighted by molar-refractivity contribution is 5.85. The number of rotatable bonds is 3. The van der Waals surface area contributed by atoms with E-state index in [1.807, 2.05) is 12.1 Å². The van der Waals surface area contributed by atoms with E-state index >= 15 is 0 Å². The molecular weight excluding hydrogens is 240 g/mol. The van der Waals surface area contributed by atoms with E-state index < -0.39 is 6.04 Å². The molecule has 0 fully saturated rings. The van der Waals surface area contributed by atoms with E-state index in [1.54, 1.807) is 0 Å². The van der Waals surface area contributed by atoms with Crippen molar-refractivity contribution >= 4 is 24.1 Å². The summed E-state index contributed by atoms with van der Waals surface area (Å²) in [5, 5.41) is 0. The normalized spacial score (nSPS) is 14.8. The number of halogens is 1. The molecule has 0 bridgehead atoms. The molecule has 5 heteroatoms. The SMILES string of the molecule is COC(=O)C(N)CN1CCc2ccccc21.Cl. The summed E-state index contributed by atoms with van der Waals surface area (Å²) in [5.41, 5.74) is 8.25. The Morgan fingerprint density at radius 2 is 2.24 bits per heavy atom. The minimum atomic E-state index is -0.573. The zero-order valence-corrected chi connectivity index (χ0v) is 10.6. The van der Waals surface area contributed by atoms with Crippen LogP contribution in [0.4, 0.5) is 5.69 Å². The van der Waals surface area contributed by atoms with Gasteiger partial charge >= 0.3 is 5.97 Å². The van der Waals surface area contributed by atoms with Gasteiger partial charge in [0.2, 0.25) is 0 Å². The predicted octanol–water partition coefficient (Wildman–Crippen LogP) is 0.971. The highest BCUT2D eigenvalue weighted by Crippen LogP contribution is 2.27. The Morgan fingerprint density at radius 1 is 1.53 bits per heavy atom. The van der Waals surface area contributed by atoms with Crippen LogP contribution in [0.15, 0.2) is 24.3 Å². The van der Waals surface area contributed by atoms with Gasteiger partial charge in [0.15, 0.2) is 0 Å². The molecule has 0 aromatic heterocycles. The van der Waals surface area contributed by atoms with Gasteiger partial charge in [0, 0.05) is 18.8 Å². The molecule has 1 unspecified atom stereocenters. The lowest BCUT2D eigenvalue weighted by molar-refractivity contribution is -0.141. The Balaban J connectivity index is 0.00000144. The summed E-state index contributed by atoms with van der Waals surface area (Å²) in [6.07, 6.45) is 1.02. The van der Waals surface area contributed by atoms with Gasteiger partial charge in [0.25, 0.3) is 0 Å². The summed E-state index contributed by atoms with van der Waals surface area (Å²) in [6.45, 7) is 1.44. The topological polar surface area (TPSA) is 55.6 Å². The zero-order valence-electron chi connectivity index (χ0n) is 9.76. The molecular formula is C12H17ClN2O2. The van der Waals surface area contributed by atoms with Gasteiger partial charge in [-0.05, 0) is 18.1 Å². The number of para-hydroxylation sites is 1. The number of hydrogen-bond donors (Lipinski definition) is 1. The van der Waals surface area contributed by atoms with E-state index in [0.29, 0.717) is 6.54 Å². The van der Waals surface area contributed by atoms with Gasteiger partial charge in [-0.3, -0.25) is 4.79 Å². The van der Waals surface area contributed by atoms with Gasteiger partial charge in [-0.25, -0.2) is 0 Å². The maximum Gasteiger partial charge on any atom is 0.324 e. The van der Waals surface area contributed by atoms with Crippen molar-refractivity contribution in [3.05, 3.63) is 29.8 Å². The molecule has 1 aliphatic rings. The molecule has 1 aliphatic heterocycles. The number of nitrogens with zero attached hydrogens (tertiary/aromatic N) is 1. The van der Waals surface area contributed by atoms with E-state index in [-0.39, 0.29) is 18.4 Å². The van der Waals surface area contributed by atoms with Crippen LogP contribution in [0.3, 0.4) is 0 Å². The average molecular weight is 257 g/mol. The summed E-state index contributed by atoms with van der Waals surface area (Å²) >= 11 is 0. The molecule has 94 valence electrons. The van der Waals surface area contributed by atoms with E-state index in [4.69, 9.17) is 5.73 Å². The van der Waals surface area contributed by atoms with Crippen LogP contribution in [0.1, 0.15) is 5.56 Å². The van der Waals surface area contributed by atoms with Gasteiger partial charge in [0.05, 0.1) is 7.11 Å². The second-order valence-electron chi connectivity index (χ2n) is 3.95. The second-order valence-corrected chi connectivity index (χ2v) is 3.95. The maximum absolute atomic E-state index is 11.2. The molecule has 1 atom stereocenters. The highest BCUT2D eigenvalue weighted by Gasteiger charge is 2.23. The molecule has 2 N–H and O–H groups in total. The molecule has 0 aliphatic carbocycles. The monoisotopic (exact) mass is 256 g/mol. The molecule has 0 saturated carbocycles. The number of anilines is 1. The first-order valence-corrected chi connectivity index (χ1v) is 5.38. The third kappa shape index (κ3) is 2.90. The quantitative estimate of drug-likeness (QED) is 0.819. The minimum Gasteiger partial charge on any atom is -0.468 e. The van der Waals surface area contributed by atoms with Crippen molar-refractivity contribution in [1.29, 1.82) is 0 Å². The first kappa shape index (κ1) is 13.8. The predicted molar refractivity (Wildman–Crippen MR) is 69.6 cm³/mol.